The van der Waals surface area contributed by atoms with E-state index in [1.165, 1.54) is 19.2 Å². The van der Waals surface area contributed by atoms with Gasteiger partial charge in [0.15, 0.2) is 0 Å². The fraction of sp³-hybridized carbons (Fsp3) is 0.0769. The number of benzene rings is 4. The molecule has 0 aliphatic rings. The maximum absolute atomic E-state index is 15.9. The molecule has 0 heterocycles. The molecule has 5 heteroatoms. The normalized spacial score (nSPS) is 13.2. The van der Waals surface area contributed by atoms with Crippen LogP contribution in [0.1, 0.15) is 16.7 Å². The number of methoxy groups -OCH3 is 1. The molecule has 4 rings (SSSR count). The van der Waals surface area contributed by atoms with Crippen LogP contribution in [0.4, 0.5) is 3.89 Å². The minimum Gasteiger partial charge on any atom is -0.497 e. The van der Waals surface area contributed by atoms with Crippen LogP contribution in [-0.2, 0) is 15.7 Å². The molecule has 3 nitrogen and oxygen atoms in total. The van der Waals surface area contributed by atoms with Crippen molar-refractivity contribution < 1.29 is 12.8 Å². The second kappa shape index (κ2) is 8.74. The third-order valence-corrected chi connectivity index (χ3v) is 6.54. The molecule has 0 amide bonds. The number of ether oxygens (including phenoxy) is 1. The van der Waals surface area contributed by atoms with E-state index < -0.39 is 15.7 Å². The van der Waals surface area contributed by atoms with Crippen molar-refractivity contribution in [2.75, 3.05) is 7.11 Å². The van der Waals surface area contributed by atoms with Gasteiger partial charge in [0.05, 0.1) is 12.0 Å². The molecule has 0 N–H and O–H groups in total. The van der Waals surface area contributed by atoms with Crippen LogP contribution in [0.2, 0.25) is 0 Å². The minimum absolute atomic E-state index is 0.000434. The van der Waals surface area contributed by atoms with Crippen LogP contribution in [0.25, 0.3) is 0 Å². The molecule has 4 aromatic carbocycles. The lowest BCUT2D eigenvalue weighted by Gasteiger charge is -2.32. The lowest BCUT2D eigenvalue weighted by Crippen LogP contribution is -2.28. The fourth-order valence-corrected chi connectivity index (χ4v) is 4.91. The summed E-state index contributed by atoms with van der Waals surface area (Å²) in [5, 5.41) is 0. The lowest BCUT2D eigenvalue weighted by molar-refractivity contribution is 0.414. The van der Waals surface area contributed by atoms with Crippen molar-refractivity contribution in [3.63, 3.8) is 0 Å². The zero-order chi connectivity index (χ0) is 21.7. The first-order chi connectivity index (χ1) is 15.1. The Bertz CT molecular complexity index is 1150. The Labute approximate surface area is 182 Å². The van der Waals surface area contributed by atoms with Gasteiger partial charge >= 0.3 is 0 Å². The van der Waals surface area contributed by atoms with Gasteiger partial charge in [0.25, 0.3) is 0 Å². The fourth-order valence-electron chi connectivity index (χ4n) is 3.67. The van der Waals surface area contributed by atoms with Gasteiger partial charge in [-0.1, -0.05) is 91.0 Å². The SMILES string of the molecule is COc1ccc(S(=O)(F)=NC(c2ccccc2)(c2ccccc2)c2ccccc2)cc1. The van der Waals surface area contributed by atoms with Crippen molar-refractivity contribution in [2.45, 2.75) is 10.4 Å². The first-order valence-corrected chi connectivity index (χ1v) is 11.3. The third-order valence-electron chi connectivity index (χ3n) is 5.18. The summed E-state index contributed by atoms with van der Waals surface area (Å²) in [6, 6.07) is 34.3. The molecule has 4 aromatic rings. The summed E-state index contributed by atoms with van der Waals surface area (Å²) in [6.45, 7) is 0. The summed E-state index contributed by atoms with van der Waals surface area (Å²) in [6.07, 6.45) is 0. The van der Waals surface area contributed by atoms with Crippen LogP contribution < -0.4 is 4.74 Å². The largest absolute Gasteiger partial charge is 0.497 e. The number of nitrogens with zero attached hydrogens (tertiary/aromatic N) is 1. The van der Waals surface area contributed by atoms with Crippen molar-refractivity contribution in [1.29, 1.82) is 0 Å². The molecular formula is C26H22FNO2S. The Balaban J connectivity index is 2.07. The van der Waals surface area contributed by atoms with E-state index in [1.807, 2.05) is 91.0 Å². The van der Waals surface area contributed by atoms with Crippen molar-refractivity contribution in [3.8, 4) is 5.75 Å². The van der Waals surface area contributed by atoms with Crippen LogP contribution in [0.5, 0.6) is 5.75 Å². The summed E-state index contributed by atoms with van der Waals surface area (Å²) in [5.41, 5.74) is 0.888. The predicted molar refractivity (Wildman–Crippen MR) is 122 cm³/mol. The van der Waals surface area contributed by atoms with Gasteiger partial charge in [0, 0.05) is 0 Å². The van der Waals surface area contributed by atoms with E-state index >= 15 is 3.89 Å². The van der Waals surface area contributed by atoms with Gasteiger partial charge in [0.1, 0.15) is 11.3 Å². The summed E-state index contributed by atoms with van der Waals surface area (Å²) >= 11 is 0. The van der Waals surface area contributed by atoms with Gasteiger partial charge in [-0.25, -0.2) is 4.21 Å². The monoisotopic (exact) mass is 431 g/mol. The molecule has 31 heavy (non-hydrogen) atoms. The molecule has 0 fully saturated rings. The maximum atomic E-state index is 15.9. The Morgan fingerprint density at radius 3 is 1.42 bits per heavy atom. The van der Waals surface area contributed by atoms with E-state index in [1.54, 1.807) is 12.1 Å². The van der Waals surface area contributed by atoms with Crippen molar-refractivity contribution in [3.05, 3.63) is 132 Å². The highest BCUT2D eigenvalue weighted by molar-refractivity contribution is 7.88. The zero-order valence-electron chi connectivity index (χ0n) is 17.0. The van der Waals surface area contributed by atoms with Crippen LogP contribution in [0, 0.1) is 0 Å². The smallest absolute Gasteiger partial charge is 0.232 e. The molecule has 156 valence electrons. The summed E-state index contributed by atoms with van der Waals surface area (Å²) in [4.78, 5) is 0.000434. The number of hydrogen-bond donors (Lipinski definition) is 0. The molecule has 0 saturated heterocycles. The highest BCUT2D eigenvalue weighted by atomic mass is 32.3. The number of hydrogen-bond acceptors (Lipinski definition) is 3. The Morgan fingerprint density at radius 2 is 1.06 bits per heavy atom. The van der Waals surface area contributed by atoms with E-state index in [4.69, 9.17) is 4.74 Å². The third kappa shape index (κ3) is 4.09. The molecule has 1 atom stereocenters. The molecule has 0 spiro atoms. The van der Waals surface area contributed by atoms with Gasteiger partial charge in [0.2, 0.25) is 10.1 Å². The molecule has 1 unspecified atom stereocenters. The number of halogens is 1. The van der Waals surface area contributed by atoms with E-state index in [9.17, 15) is 4.21 Å². The topological polar surface area (TPSA) is 38.7 Å². The molecule has 0 saturated carbocycles. The van der Waals surface area contributed by atoms with Gasteiger partial charge in [-0.2, -0.15) is 4.36 Å². The lowest BCUT2D eigenvalue weighted by atomic mass is 9.78. The summed E-state index contributed by atoms with van der Waals surface area (Å²) in [7, 11) is -2.74. The van der Waals surface area contributed by atoms with Crippen LogP contribution in [0.15, 0.2) is 125 Å². The van der Waals surface area contributed by atoms with Crippen molar-refractivity contribution >= 4 is 10.1 Å². The Morgan fingerprint density at radius 1 is 0.677 bits per heavy atom. The summed E-state index contributed by atoms with van der Waals surface area (Å²) < 4.78 is 39.0. The van der Waals surface area contributed by atoms with Gasteiger partial charge < -0.3 is 4.74 Å². The Hall–Kier alpha value is -3.44. The average Bonchev–Trinajstić information content (AvgIpc) is 2.84. The minimum atomic E-state index is -4.27. The van der Waals surface area contributed by atoms with Crippen molar-refractivity contribution in [1.82, 2.24) is 0 Å². The van der Waals surface area contributed by atoms with Crippen LogP contribution in [0.3, 0.4) is 0 Å². The predicted octanol–water partition coefficient (Wildman–Crippen LogP) is 6.40. The summed E-state index contributed by atoms with van der Waals surface area (Å²) in [5.74, 6) is 0.555. The molecular weight excluding hydrogens is 409 g/mol. The molecule has 0 aromatic heterocycles. The maximum Gasteiger partial charge on any atom is 0.232 e. The van der Waals surface area contributed by atoms with E-state index in [0.29, 0.717) is 5.75 Å². The molecule has 0 bridgehead atoms. The first-order valence-electron chi connectivity index (χ1n) is 9.85. The second-order valence-corrected chi connectivity index (χ2v) is 8.60. The molecule has 0 aliphatic carbocycles. The average molecular weight is 432 g/mol. The van der Waals surface area contributed by atoms with Crippen LogP contribution in [-0.4, -0.2) is 11.3 Å². The van der Waals surface area contributed by atoms with Gasteiger partial charge in [-0.15, -0.1) is 3.89 Å². The highest BCUT2D eigenvalue weighted by Crippen LogP contribution is 2.42. The van der Waals surface area contributed by atoms with Gasteiger partial charge in [-0.05, 0) is 41.0 Å². The second-order valence-electron chi connectivity index (χ2n) is 7.03. The van der Waals surface area contributed by atoms with E-state index in [0.717, 1.165) is 16.7 Å². The standard InChI is InChI=1S/C26H22FNO2S/c1-30-24-17-19-25(20-18-24)31(27,29)28-26(21-11-5-2-6-12-21,22-13-7-3-8-14-22)23-15-9-4-10-16-23/h2-20H,1H3. The first kappa shape index (κ1) is 20.8. The van der Waals surface area contributed by atoms with E-state index in [-0.39, 0.29) is 4.90 Å². The molecule has 0 radical (unpaired) electrons. The van der Waals surface area contributed by atoms with Crippen molar-refractivity contribution in [2.24, 2.45) is 4.36 Å². The molecule has 0 aliphatic heterocycles. The zero-order valence-corrected chi connectivity index (χ0v) is 17.8. The quantitative estimate of drug-likeness (QED) is 0.262. The van der Waals surface area contributed by atoms with E-state index in [2.05, 4.69) is 4.36 Å². The van der Waals surface area contributed by atoms with Gasteiger partial charge in [-0.3, -0.25) is 0 Å². The Kier molecular flexibility index (Phi) is 5.87. The highest BCUT2D eigenvalue weighted by Gasteiger charge is 2.38. The number of rotatable bonds is 6. The van der Waals surface area contributed by atoms with Crippen LogP contribution >= 0.6 is 0 Å².